The Labute approximate surface area is 101 Å². The molecule has 0 unspecified atom stereocenters. The van der Waals surface area contributed by atoms with Crippen molar-refractivity contribution in [2.24, 2.45) is 5.14 Å². The first-order valence-corrected chi connectivity index (χ1v) is 6.96. The summed E-state index contributed by atoms with van der Waals surface area (Å²) in [5.74, 6) is 0.567. The van der Waals surface area contributed by atoms with Gasteiger partial charge in [-0.2, -0.15) is 0 Å². The third kappa shape index (κ3) is 3.48. The van der Waals surface area contributed by atoms with E-state index in [9.17, 15) is 8.42 Å². The topological polar surface area (TPSA) is 100 Å². The molecule has 0 fully saturated rings. The van der Waals surface area contributed by atoms with Crippen LogP contribution in [-0.2, 0) is 21.2 Å². The van der Waals surface area contributed by atoms with Gasteiger partial charge in [-0.1, -0.05) is 0 Å². The largest absolute Gasteiger partial charge is 0.381 e. The number of hydrogen-bond acceptors (Lipinski definition) is 5. The average molecular weight is 262 g/mol. The number of aromatic nitrogens is 3. The van der Waals surface area contributed by atoms with Crippen molar-refractivity contribution in [2.45, 2.75) is 38.4 Å². The lowest BCUT2D eigenvalue weighted by Crippen LogP contribution is -2.21. The SMILES string of the molecule is CCOCCc1nnc(S(N)(=O)=O)n1C(C)C. The highest BCUT2D eigenvalue weighted by Gasteiger charge is 2.22. The molecule has 98 valence electrons. The van der Waals surface area contributed by atoms with Gasteiger partial charge in [0.15, 0.2) is 0 Å². The van der Waals surface area contributed by atoms with Crippen molar-refractivity contribution < 1.29 is 13.2 Å². The summed E-state index contributed by atoms with van der Waals surface area (Å²) in [5, 5.41) is 12.4. The lowest BCUT2D eigenvalue weighted by Gasteiger charge is -2.12. The van der Waals surface area contributed by atoms with Crippen molar-refractivity contribution in [1.82, 2.24) is 14.8 Å². The van der Waals surface area contributed by atoms with Crippen LogP contribution in [0.1, 0.15) is 32.6 Å². The summed E-state index contributed by atoms with van der Waals surface area (Å²) in [6.45, 7) is 6.68. The van der Waals surface area contributed by atoms with E-state index >= 15 is 0 Å². The minimum absolute atomic E-state index is 0.0741. The number of nitrogens with zero attached hydrogens (tertiary/aromatic N) is 3. The average Bonchev–Trinajstić information content (AvgIpc) is 2.61. The van der Waals surface area contributed by atoms with Gasteiger partial charge in [0.2, 0.25) is 0 Å². The predicted octanol–water partition coefficient (Wildman–Crippen LogP) is 0.0854. The Morgan fingerprint density at radius 2 is 2.06 bits per heavy atom. The highest BCUT2D eigenvalue weighted by atomic mass is 32.2. The molecule has 8 heteroatoms. The molecular formula is C9H18N4O3S. The van der Waals surface area contributed by atoms with Crippen LogP contribution in [0.3, 0.4) is 0 Å². The molecule has 0 aliphatic rings. The Bertz CT molecular complexity index is 467. The number of nitrogens with two attached hydrogens (primary N) is 1. The van der Waals surface area contributed by atoms with Crippen LogP contribution < -0.4 is 5.14 Å². The van der Waals surface area contributed by atoms with E-state index in [2.05, 4.69) is 10.2 Å². The van der Waals surface area contributed by atoms with Gasteiger partial charge in [-0.25, -0.2) is 13.6 Å². The fourth-order valence-corrected chi connectivity index (χ4v) is 2.24. The van der Waals surface area contributed by atoms with Crippen molar-refractivity contribution in [3.8, 4) is 0 Å². The molecule has 0 saturated carbocycles. The van der Waals surface area contributed by atoms with Crippen molar-refractivity contribution in [2.75, 3.05) is 13.2 Å². The first-order chi connectivity index (χ1) is 7.88. The Balaban J connectivity index is 3.03. The lowest BCUT2D eigenvalue weighted by atomic mass is 10.3. The van der Waals surface area contributed by atoms with Gasteiger partial charge < -0.3 is 4.74 Å². The van der Waals surface area contributed by atoms with Crippen LogP contribution in [0.25, 0.3) is 0 Å². The molecule has 1 rings (SSSR count). The molecular weight excluding hydrogens is 244 g/mol. The van der Waals surface area contributed by atoms with Crippen LogP contribution in [0.4, 0.5) is 0 Å². The van der Waals surface area contributed by atoms with Crippen molar-refractivity contribution >= 4 is 10.0 Å². The first-order valence-electron chi connectivity index (χ1n) is 5.42. The van der Waals surface area contributed by atoms with Crippen LogP contribution >= 0.6 is 0 Å². The fourth-order valence-electron chi connectivity index (χ4n) is 1.50. The van der Waals surface area contributed by atoms with Gasteiger partial charge in [0, 0.05) is 19.1 Å². The minimum Gasteiger partial charge on any atom is -0.381 e. The normalized spacial score (nSPS) is 12.3. The van der Waals surface area contributed by atoms with Crippen LogP contribution in [-0.4, -0.2) is 36.4 Å². The molecule has 1 aromatic heterocycles. The van der Waals surface area contributed by atoms with Crippen LogP contribution in [0.5, 0.6) is 0 Å². The van der Waals surface area contributed by atoms with Gasteiger partial charge >= 0.3 is 0 Å². The predicted molar refractivity (Wildman–Crippen MR) is 62.0 cm³/mol. The molecule has 0 bridgehead atoms. The summed E-state index contributed by atoms with van der Waals surface area (Å²) in [6, 6.07) is -0.0741. The van der Waals surface area contributed by atoms with E-state index in [0.29, 0.717) is 25.5 Å². The summed E-state index contributed by atoms with van der Waals surface area (Å²) >= 11 is 0. The molecule has 0 radical (unpaired) electrons. The Morgan fingerprint density at radius 1 is 1.41 bits per heavy atom. The van der Waals surface area contributed by atoms with Gasteiger partial charge in [0.25, 0.3) is 15.2 Å². The molecule has 0 atom stereocenters. The second kappa shape index (κ2) is 5.56. The molecule has 0 aromatic carbocycles. The van der Waals surface area contributed by atoms with E-state index in [-0.39, 0.29) is 11.2 Å². The molecule has 0 aliphatic carbocycles. The fraction of sp³-hybridized carbons (Fsp3) is 0.778. The summed E-state index contributed by atoms with van der Waals surface area (Å²) in [6.07, 6.45) is 0.508. The molecule has 0 saturated heterocycles. The van der Waals surface area contributed by atoms with Crippen molar-refractivity contribution in [1.29, 1.82) is 0 Å². The van der Waals surface area contributed by atoms with E-state index in [1.807, 2.05) is 20.8 Å². The van der Waals surface area contributed by atoms with Gasteiger partial charge in [0.05, 0.1) is 6.61 Å². The summed E-state index contributed by atoms with van der Waals surface area (Å²) in [4.78, 5) is 0. The smallest absolute Gasteiger partial charge is 0.273 e. The molecule has 1 heterocycles. The molecule has 0 amide bonds. The highest BCUT2D eigenvalue weighted by Crippen LogP contribution is 2.15. The summed E-state index contributed by atoms with van der Waals surface area (Å²) in [5.41, 5.74) is 0. The monoisotopic (exact) mass is 262 g/mol. The van der Waals surface area contributed by atoms with E-state index in [4.69, 9.17) is 9.88 Å². The maximum Gasteiger partial charge on any atom is 0.273 e. The third-order valence-corrected chi connectivity index (χ3v) is 2.97. The molecule has 17 heavy (non-hydrogen) atoms. The molecule has 7 nitrogen and oxygen atoms in total. The Hall–Kier alpha value is -0.990. The number of rotatable bonds is 6. The van der Waals surface area contributed by atoms with E-state index < -0.39 is 10.0 Å². The van der Waals surface area contributed by atoms with E-state index in [1.54, 1.807) is 0 Å². The van der Waals surface area contributed by atoms with Crippen LogP contribution in [0.2, 0.25) is 0 Å². The Kier molecular flexibility index (Phi) is 4.61. The standard InChI is InChI=1S/C9H18N4O3S/c1-4-16-6-5-8-11-12-9(17(10,14)15)13(8)7(2)3/h7H,4-6H2,1-3H3,(H2,10,14,15). The molecule has 0 spiro atoms. The number of primary sulfonamides is 1. The van der Waals surface area contributed by atoms with Gasteiger partial charge in [0.1, 0.15) is 5.82 Å². The van der Waals surface area contributed by atoms with Crippen LogP contribution in [0, 0.1) is 0 Å². The van der Waals surface area contributed by atoms with E-state index in [1.165, 1.54) is 4.57 Å². The quantitative estimate of drug-likeness (QED) is 0.732. The highest BCUT2D eigenvalue weighted by molar-refractivity contribution is 7.89. The Morgan fingerprint density at radius 3 is 2.53 bits per heavy atom. The molecule has 0 aliphatic heterocycles. The zero-order chi connectivity index (χ0) is 13.1. The molecule has 2 N–H and O–H groups in total. The first kappa shape index (κ1) is 14.1. The lowest BCUT2D eigenvalue weighted by molar-refractivity contribution is 0.148. The second-order valence-corrected chi connectivity index (χ2v) is 5.31. The number of ether oxygens (including phenoxy) is 1. The van der Waals surface area contributed by atoms with E-state index in [0.717, 1.165) is 0 Å². The van der Waals surface area contributed by atoms with Gasteiger partial charge in [-0.15, -0.1) is 10.2 Å². The number of hydrogen-bond donors (Lipinski definition) is 1. The minimum atomic E-state index is -3.84. The second-order valence-electron chi connectivity index (χ2n) is 3.85. The zero-order valence-electron chi connectivity index (χ0n) is 10.3. The molecule has 1 aromatic rings. The van der Waals surface area contributed by atoms with Gasteiger partial charge in [-0.05, 0) is 20.8 Å². The maximum atomic E-state index is 11.3. The van der Waals surface area contributed by atoms with Gasteiger partial charge in [-0.3, -0.25) is 4.57 Å². The van der Waals surface area contributed by atoms with Crippen molar-refractivity contribution in [3.05, 3.63) is 5.82 Å². The third-order valence-electron chi connectivity index (χ3n) is 2.18. The van der Waals surface area contributed by atoms with Crippen LogP contribution in [0.15, 0.2) is 5.16 Å². The summed E-state index contributed by atoms with van der Waals surface area (Å²) < 4.78 is 29.4. The summed E-state index contributed by atoms with van der Waals surface area (Å²) in [7, 11) is -3.84. The number of sulfonamides is 1. The maximum absolute atomic E-state index is 11.3. The zero-order valence-corrected chi connectivity index (χ0v) is 11.1. The van der Waals surface area contributed by atoms with Crippen molar-refractivity contribution in [3.63, 3.8) is 0 Å².